The molecule has 106 valence electrons. The van der Waals surface area contributed by atoms with Gasteiger partial charge < -0.3 is 10.1 Å². The number of halogens is 1. The van der Waals surface area contributed by atoms with Crippen molar-refractivity contribution in [2.45, 2.75) is 6.42 Å². The number of amides is 1. The number of methoxy groups -OCH3 is 1. The average Bonchev–Trinajstić information content (AvgIpc) is 2.86. The van der Waals surface area contributed by atoms with E-state index in [2.05, 4.69) is 5.32 Å². The lowest BCUT2D eigenvalue weighted by atomic mass is 9.98. The van der Waals surface area contributed by atoms with E-state index in [1.807, 2.05) is 0 Å². The van der Waals surface area contributed by atoms with Gasteiger partial charge in [-0.25, -0.2) is 4.39 Å². The summed E-state index contributed by atoms with van der Waals surface area (Å²) in [4.78, 5) is 24.1. The zero-order valence-corrected chi connectivity index (χ0v) is 11.3. The van der Waals surface area contributed by atoms with Crippen molar-refractivity contribution in [2.75, 3.05) is 12.4 Å². The maximum atomic E-state index is 13.0. The van der Waals surface area contributed by atoms with Crippen LogP contribution in [0.3, 0.4) is 0 Å². The summed E-state index contributed by atoms with van der Waals surface area (Å²) in [7, 11) is 1.50. The van der Waals surface area contributed by atoms with Crippen LogP contribution in [0.4, 0.5) is 10.1 Å². The number of carbonyl (C=O) groups is 2. The van der Waals surface area contributed by atoms with Gasteiger partial charge in [0.2, 0.25) is 5.91 Å². The lowest BCUT2D eigenvalue weighted by molar-refractivity contribution is -0.115. The summed E-state index contributed by atoms with van der Waals surface area (Å²) >= 11 is 0. The van der Waals surface area contributed by atoms with E-state index in [0.717, 1.165) is 5.56 Å². The van der Waals surface area contributed by atoms with Crippen molar-refractivity contribution >= 4 is 17.4 Å². The Morgan fingerprint density at radius 2 is 1.95 bits per heavy atom. The molecule has 0 aliphatic carbocycles. The number of nitrogens with one attached hydrogen (secondary N) is 1. The number of benzene rings is 2. The minimum absolute atomic E-state index is 0.161. The minimum atomic E-state index is -0.407. The van der Waals surface area contributed by atoms with Crippen LogP contribution in [0.25, 0.3) is 0 Å². The first-order chi connectivity index (χ1) is 10.1. The monoisotopic (exact) mass is 285 g/mol. The summed E-state index contributed by atoms with van der Waals surface area (Å²) in [6.45, 7) is 0. The lowest BCUT2D eigenvalue weighted by Crippen LogP contribution is -2.08. The van der Waals surface area contributed by atoms with E-state index in [-0.39, 0.29) is 18.1 Å². The van der Waals surface area contributed by atoms with E-state index in [1.54, 1.807) is 12.1 Å². The highest BCUT2D eigenvalue weighted by atomic mass is 19.1. The molecule has 2 aromatic rings. The smallest absolute Gasteiger partial charge is 0.228 e. The third kappa shape index (κ3) is 2.38. The predicted molar refractivity (Wildman–Crippen MR) is 75.2 cm³/mol. The Morgan fingerprint density at radius 3 is 2.62 bits per heavy atom. The van der Waals surface area contributed by atoms with Crippen molar-refractivity contribution in [3.8, 4) is 5.75 Å². The summed E-state index contributed by atoms with van der Waals surface area (Å²) < 4.78 is 18.1. The Morgan fingerprint density at radius 1 is 1.24 bits per heavy atom. The summed E-state index contributed by atoms with van der Waals surface area (Å²) in [6, 6.07) is 8.60. The highest BCUT2D eigenvalue weighted by molar-refractivity contribution is 6.16. The fraction of sp³-hybridized carbons (Fsp3) is 0.125. The van der Waals surface area contributed by atoms with E-state index in [1.165, 1.54) is 31.4 Å². The van der Waals surface area contributed by atoms with Gasteiger partial charge in [-0.2, -0.15) is 0 Å². The average molecular weight is 285 g/mol. The Labute approximate surface area is 120 Å². The Balaban J connectivity index is 2.09. The van der Waals surface area contributed by atoms with Crippen molar-refractivity contribution in [1.29, 1.82) is 0 Å². The Hall–Kier alpha value is -2.69. The largest absolute Gasteiger partial charge is 0.497 e. The highest BCUT2D eigenvalue weighted by Gasteiger charge is 2.25. The van der Waals surface area contributed by atoms with Crippen molar-refractivity contribution in [1.82, 2.24) is 0 Å². The van der Waals surface area contributed by atoms with Crippen LogP contribution in [0.2, 0.25) is 0 Å². The molecule has 0 spiro atoms. The standard InChI is InChI=1S/C16H12FNO3/c1-21-12-6-10-7-14(19)18-15(10)13(8-12)16(20)9-2-4-11(17)5-3-9/h2-6,8H,7H2,1H3,(H,18,19). The van der Waals surface area contributed by atoms with Crippen molar-refractivity contribution in [3.63, 3.8) is 0 Å². The fourth-order valence-corrected chi connectivity index (χ4v) is 2.37. The van der Waals surface area contributed by atoms with E-state index < -0.39 is 5.82 Å². The molecule has 0 radical (unpaired) electrons. The van der Waals surface area contributed by atoms with Crippen LogP contribution in [0.1, 0.15) is 21.5 Å². The van der Waals surface area contributed by atoms with E-state index in [9.17, 15) is 14.0 Å². The van der Waals surface area contributed by atoms with Gasteiger partial charge in [-0.15, -0.1) is 0 Å². The Kier molecular flexibility index (Phi) is 3.17. The van der Waals surface area contributed by atoms with Gasteiger partial charge in [0, 0.05) is 5.56 Å². The van der Waals surface area contributed by atoms with Crippen molar-refractivity contribution < 1.29 is 18.7 Å². The summed E-state index contributed by atoms with van der Waals surface area (Å²) in [5, 5.41) is 2.69. The fourth-order valence-electron chi connectivity index (χ4n) is 2.37. The van der Waals surface area contributed by atoms with Gasteiger partial charge in [0.15, 0.2) is 5.78 Å². The number of fused-ring (bicyclic) bond motifs is 1. The molecule has 4 nitrogen and oxygen atoms in total. The zero-order valence-electron chi connectivity index (χ0n) is 11.3. The molecule has 0 fully saturated rings. The van der Waals surface area contributed by atoms with Gasteiger partial charge in [-0.3, -0.25) is 9.59 Å². The summed E-state index contributed by atoms with van der Waals surface area (Å²) in [6.07, 6.45) is 0.218. The summed E-state index contributed by atoms with van der Waals surface area (Å²) in [5.74, 6) is -0.342. The molecule has 0 bridgehead atoms. The molecule has 0 saturated heterocycles. The SMILES string of the molecule is COc1cc2c(c(C(=O)c3ccc(F)cc3)c1)NC(=O)C2. The second-order valence-corrected chi connectivity index (χ2v) is 4.77. The number of rotatable bonds is 3. The second-order valence-electron chi connectivity index (χ2n) is 4.77. The van der Waals surface area contributed by atoms with Crippen LogP contribution in [0.15, 0.2) is 36.4 Å². The number of ketones is 1. The van der Waals surface area contributed by atoms with E-state index >= 15 is 0 Å². The first-order valence-electron chi connectivity index (χ1n) is 6.39. The number of carbonyl (C=O) groups excluding carboxylic acids is 2. The second kappa shape index (κ2) is 5.01. The van der Waals surface area contributed by atoms with Crippen LogP contribution in [0.5, 0.6) is 5.75 Å². The van der Waals surface area contributed by atoms with Gasteiger partial charge in [0.1, 0.15) is 11.6 Å². The van der Waals surface area contributed by atoms with Gasteiger partial charge in [-0.1, -0.05) is 0 Å². The predicted octanol–water partition coefficient (Wildman–Crippen LogP) is 2.56. The molecule has 0 atom stereocenters. The molecule has 3 rings (SSSR count). The molecule has 1 heterocycles. The number of ether oxygens (including phenoxy) is 1. The van der Waals surface area contributed by atoms with Gasteiger partial charge in [0.25, 0.3) is 0 Å². The maximum absolute atomic E-state index is 13.0. The molecule has 1 aliphatic rings. The molecule has 1 N–H and O–H groups in total. The molecule has 2 aromatic carbocycles. The molecule has 1 amide bonds. The Bertz CT molecular complexity index is 738. The third-order valence-electron chi connectivity index (χ3n) is 3.40. The van der Waals surface area contributed by atoms with Crippen LogP contribution in [-0.2, 0) is 11.2 Å². The highest BCUT2D eigenvalue weighted by Crippen LogP contribution is 2.33. The van der Waals surface area contributed by atoms with Gasteiger partial charge in [-0.05, 0) is 42.0 Å². The normalized spacial score (nSPS) is 12.8. The first-order valence-corrected chi connectivity index (χ1v) is 6.39. The number of anilines is 1. The molecule has 21 heavy (non-hydrogen) atoms. The van der Waals surface area contributed by atoms with Crippen LogP contribution in [0, 0.1) is 5.82 Å². The molecule has 1 aliphatic heterocycles. The maximum Gasteiger partial charge on any atom is 0.228 e. The minimum Gasteiger partial charge on any atom is -0.497 e. The molecular formula is C16H12FNO3. The van der Waals surface area contributed by atoms with Crippen LogP contribution >= 0.6 is 0 Å². The van der Waals surface area contributed by atoms with Crippen LogP contribution < -0.4 is 10.1 Å². The topological polar surface area (TPSA) is 55.4 Å². The van der Waals surface area contributed by atoms with E-state index in [0.29, 0.717) is 22.6 Å². The van der Waals surface area contributed by atoms with Crippen molar-refractivity contribution in [2.24, 2.45) is 0 Å². The molecule has 0 unspecified atom stereocenters. The number of hydrogen-bond acceptors (Lipinski definition) is 3. The third-order valence-corrected chi connectivity index (χ3v) is 3.40. The molecule has 5 heteroatoms. The zero-order chi connectivity index (χ0) is 15.0. The number of hydrogen-bond donors (Lipinski definition) is 1. The first kappa shape index (κ1) is 13.3. The quantitative estimate of drug-likeness (QED) is 0.882. The molecular weight excluding hydrogens is 273 g/mol. The van der Waals surface area contributed by atoms with Crippen LogP contribution in [-0.4, -0.2) is 18.8 Å². The molecule has 0 saturated carbocycles. The molecule has 0 aromatic heterocycles. The van der Waals surface area contributed by atoms with Gasteiger partial charge in [0.05, 0.1) is 24.8 Å². The summed E-state index contributed by atoms with van der Waals surface area (Å²) in [5.41, 5.74) is 1.94. The van der Waals surface area contributed by atoms with Gasteiger partial charge >= 0.3 is 0 Å². The van der Waals surface area contributed by atoms with Crippen molar-refractivity contribution in [3.05, 3.63) is 58.9 Å². The lowest BCUT2D eigenvalue weighted by Gasteiger charge is -2.10. The van der Waals surface area contributed by atoms with E-state index in [4.69, 9.17) is 4.74 Å².